The van der Waals surface area contributed by atoms with Crippen LogP contribution in [0.25, 0.3) is 50.5 Å². The van der Waals surface area contributed by atoms with Gasteiger partial charge in [0.25, 0.3) is 0 Å². The van der Waals surface area contributed by atoms with Gasteiger partial charge in [-0.3, -0.25) is 10.8 Å². The topological polar surface area (TPSA) is 108 Å². The van der Waals surface area contributed by atoms with Crippen molar-refractivity contribution in [1.29, 1.82) is 21.3 Å². The molecule has 1 aliphatic rings. The molecule has 9 heteroatoms. The summed E-state index contributed by atoms with van der Waals surface area (Å²) in [5.41, 5.74) is 2.06. The molecular formula is C33H15F4N5. The number of nitrogens with one attached hydrogen (secondary N) is 2. The van der Waals surface area contributed by atoms with Crippen LogP contribution in [0.2, 0.25) is 0 Å². The molecule has 4 aromatic carbocycles. The van der Waals surface area contributed by atoms with Crippen LogP contribution in [0.4, 0.5) is 17.6 Å². The normalized spacial score (nSPS) is 12.2. The molecule has 0 bridgehead atoms. The van der Waals surface area contributed by atoms with E-state index in [1.165, 1.54) is 30.3 Å². The van der Waals surface area contributed by atoms with Gasteiger partial charge in [-0.05, 0) is 47.0 Å². The van der Waals surface area contributed by atoms with Gasteiger partial charge in [0.15, 0.2) is 23.3 Å². The molecule has 0 spiro atoms. The molecule has 0 radical (unpaired) electrons. The molecule has 200 valence electrons. The van der Waals surface area contributed by atoms with Crippen molar-refractivity contribution >= 4 is 28.4 Å². The highest BCUT2D eigenvalue weighted by Crippen LogP contribution is 2.37. The van der Waals surface area contributed by atoms with Gasteiger partial charge >= 0.3 is 0 Å². The fourth-order valence-corrected chi connectivity index (χ4v) is 5.04. The first-order chi connectivity index (χ1) is 20.2. The van der Waals surface area contributed by atoms with Crippen LogP contribution in [0.15, 0.2) is 72.8 Å². The van der Waals surface area contributed by atoms with Crippen LogP contribution in [-0.2, 0) is 0 Å². The number of pyridine rings is 1. The quantitative estimate of drug-likeness (QED) is 0.174. The summed E-state index contributed by atoms with van der Waals surface area (Å²) < 4.78 is 57.9. The highest BCUT2D eigenvalue weighted by molar-refractivity contribution is 6.54. The number of hydrogen-bond donors (Lipinski definition) is 2. The van der Waals surface area contributed by atoms with Crippen LogP contribution in [0.3, 0.4) is 0 Å². The van der Waals surface area contributed by atoms with E-state index in [2.05, 4.69) is 6.07 Å². The first-order valence-electron chi connectivity index (χ1n) is 12.4. The highest BCUT2D eigenvalue weighted by atomic mass is 19.2. The summed E-state index contributed by atoms with van der Waals surface area (Å²) in [6.07, 6.45) is 3.14. The van der Waals surface area contributed by atoms with Crippen molar-refractivity contribution < 1.29 is 17.6 Å². The van der Waals surface area contributed by atoms with E-state index in [9.17, 15) is 22.8 Å². The molecule has 0 fully saturated rings. The summed E-state index contributed by atoms with van der Waals surface area (Å²) in [7, 11) is 0. The average Bonchev–Trinajstić information content (AvgIpc) is 3.01. The Morgan fingerprint density at radius 3 is 1.95 bits per heavy atom. The third-order valence-corrected chi connectivity index (χ3v) is 7.11. The fraction of sp³-hybridized carbons (Fsp3) is 0. The second kappa shape index (κ2) is 9.92. The van der Waals surface area contributed by atoms with Crippen molar-refractivity contribution in [2.24, 2.45) is 0 Å². The summed E-state index contributed by atoms with van der Waals surface area (Å²) in [5.74, 6) is -6.91. The van der Waals surface area contributed by atoms with E-state index in [1.54, 1.807) is 24.3 Å². The molecule has 5 aromatic rings. The van der Waals surface area contributed by atoms with Crippen LogP contribution in [0.5, 0.6) is 0 Å². The first kappa shape index (κ1) is 26.3. The predicted octanol–water partition coefficient (Wildman–Crippen LogP) is 7.95. The van der Waals surface area contributed by atoms with E-state index in [4.69, 9.17) is 21.1 Å². The minimum Gasteiger partial charge on any atom is -0.299 e. The fourth-order valence-electron chi connectivity index (χ4n) is 5.04. The van der Waals surface area contributed by atoms with E-state index in [-0.39, 0.29) is 17.0 Å². The van der Waals surface area contributed by atoms with Gasteiger partial charge in [-0.1, -0.05) is 48.5 Å². The molecule has 1 aromatic heterocycles. The third kappa shape index (κ3) is 4.04. The Kier molecular flexibility index (Phi) is 6.21. The number of fused-ring (bicyclic) bond motifs is 3. The van der Waals surface area contributed by atoms with Crippen molar-refractivity contribution in [3.05, 3.63) is 118 Å². The van der Waals surface area contributed by atoms with Crippen LogP contribution in [0, 0.1) is 56.7 Å². The number of aromatic nitrogens is 1. The maximum atomic E-state index is 14.7. The lowest BCUT2D eigenvalue weighted by atomic mass is 9.87. The van der Waals surface area contributed by atoms with Crippen LogP contribution < -0.4 is 0 Å². The zero-order chi connectivity index (χ0) is 29.7. The standard InChI is InChI=1S/C33H15F4N5/c34-28-23(15-39)29(35)31(37)26(30(28)36)17-4-6-18(7-5-17)33-22-10-11-24(40)32(41)27(22)21-9-8-20(13-25(21)42-33)19-3-1-2-16(12-19)14-38/h1-13,40-41H. The van der Waals surface area contributed by atoms with Gasteiger partial charge in [0.1, 0.15) is 11.6 Å². The van der Waals surface area contributed by atoms with Crippen LogP contribution in [-0.4, -0.2) is 16.4 Å². The van der Waals surface area contributed by atoms with E-state index in [0.717, 1.165) is 17.2 Å². The monoisotopic (exact) mass is 557 g/mol. The number of hydrogen-bond acceptors (Lipinski definition) is 5. The molecule has 5 nitrogen and oxygen atoms in total. The molecule has 1 heterocycles. The number of benzene rings is 4. The van der Waals surface area contributed by atoms with Gasteiger partial charge in [0, 0.05) is 22.1 Å². The number of allylic oxidation sites excluding steroid dienone is 1. The molecule has 0 saturated heterocycles. The summed E-state index contributed by atoms with van der Waals surface area (Å²) in [5, 5.41) is 35.7. The minimum atomic E-state index is -1.78. The smallest absolute Gasteiger partial charge is 0.180 e. The van der Waals surface area contributed by atoms with Gasteiger partial charge in [-0.2, -0.15) is 10.5 Å². The Morgan fingerprint density at radius 1 is 0.643 bits per heavy atom. The Balaban J connectivity index is 1.54. The summed E-state index contributed by atoms with van der Waals surface area (Å²) >= 11 is 0. The van der Waals surface area contributed by atoms with Crippen LogP contribution >= 0.6 is 0 Å². The predicted molar refractivity (Wildman–Crippen MR) is 151 cm³/mol. The molecule has 1 aliphatic carbocycles. The minimum absolute atomic E-state index is 0.00956. The Morgan fingerprint density at radius 2 is 1.29 bits per heavy atom. The molecule has 0 aliphatic heterocycles. The van der Waals surface area contributed by atoms with Gasteiger partial charge in [-0.25, -0.2) is 22.5 Å². The molecule has 0 atom stereocenters. The molecule has 42 heavy (non-hydrogen) atoms. The van der Waals surface area contributed by atoms with Gasteiger partial charge in [0.05, 0.1) is 39.8 Å². The SMILES string of the molecule is N#Cc1cccc(-c2ccc3c4c(c(-c5ccc(-c6c(F)c(F)c(C#N)c(F)c6F)cc5)nc3c2)C=CC(=N)C4=N)c1. The molecule has 0 amide bonds. The van der Waals surface area contributed by atoms with Crippen molar-refractivity contribution in [2.45, 2.75) is 0 Å². The maximum Gasteiger partial charge on any atom is 0.180 e. The molecule has 6 rings (SSSR count). The second-order valence-electron chi connectivity index (χ2n) is 9.49. The molecule has 0 saturated carbocycles. The number of nitrogens with zero attached hydrogens (tertiary/aromatic N) is 3. The average molecular weight is 558 g/mol. The van der Waals surface area contributed by atoms with E-state index in [0.29, 0.717) is 38.9 Å². The van der Waals surface area contributed by atoms with Gasteiger partial charge < -0.3 is 0 Å². The third-order valence-electron chi connectivity index (χ3n) is 7.11. The first-order valence-corrected chi connectivity index (χ1v) is 12.4. The summed E-state index contributed by atoms with van der Waals surface area (Å²) in [6, 6.07) is 21.3. The van der Waals surface area contributed by atoms with Crippen LogP contribution in [0.1, 0.15) is 22.3 Å². The molecular weight excluding hydrogens is 542 g/mol. The highest BCUT2D eigenvalue weighted by Gasteiger charge is 2.27. The second-order valence-corrected chi connectivity index (χ2v) is 9.49. The number of halogens is 4. The molecule has 2 N–H and O–H groups in total. The van der Waals surface area contributed by atoms with Crippen molar-refractivity contribution in [3.63, 3.8) is 0 Å². The maximum absolute atomic E-state index is 14.7. The number of nitriles is 2. The summed E-state index contributed by atoms with van der Waals surface area (Å²) in [6.45, 7) is 0. The lowest BCUT2D eigenvalue weighted by molar-refractivity contribution is 0.454. The van der Waals surface area contributed by atoms with Crippen molar-refractivity contribution in [3.8, 4) is 45.6 Å². The summed E-state index contributed by atoms with van der Waals surface area (Å²) in [4.78, 5) is 4.85. The van der Waals surface area contributed by atoms with E-state index >= 15 is 0 Å². The number of rotatable bonds is 3. The van der Waals surface area contributed by atoms with E-state index < -0.39 is 34.4 Å². The largest absolute Gasteiger partial charge is 0.299 e. The zero-order valence-electron chi connectivity index (χ0n) is 21.4. The van der Waals surface area contributed by atoms with Crippen molar-refractivity contribution in [2.75, 3.05) is 0 Å². The lowest BCUT2D eigenvalue weighted by Gasteiger charge is -2.19. The Bertz CT molecular complexity index is 2110. The van der Waals surface area contributed by atoms with Gasteiger partial charge in [-0.15, -0.1) is 0 Å². The van der Waals surface area contributed by atoms with Gasteiger partial charge in [0.2, 0.25) is 0 Å². The zero-order valence-corrected chi connectivity index (χ0v) is 21.4. The Labute approximate surface area is 236 Å². The lowest BCUT2D eigenvalue weighted by Crippen LogP contribution is -2.17. The van der Waals surface area contributed by atoms with E-state index in [1.807, 2.05) is 24.3 Å². The van der Waals surface area contributed by atoms with Crippen molar-refractivity contribution in [1.82, 2.24) is 4.98 Å². The Hall–Kier alpha value is -5.93. The molecule has 0 unspecified atom stereocenters.